The summed E-state index contributed by atoms with van der Waals surface area (Å²) < 4.78 is 43.6. The topological polar surface area (TPSA) is 92.8 Å². The first-order valence-electron chi connectivity index (χ1n) is 9.72. The average molecular weight is 483 g/mol. The lowest BCUT2D eigenvalue weighted by atomic mass is 10.0. The van der Waals surface area contributed by atoms with Crippen LogP contribution in [0.15, 0.2) is 42.5 Å². The Hall–Kier alpha value is -3.40. The summed E-state index contributed by atoms with van der Waals surface area (Å²) in [6.45, 7) is 2.33. The van der Waals surface area contributed by atoms with E-state index in [1.165, 1.54) is 12.1 Å². The van der Waals surface area contributed by atoms with Crippen LogP contribution in [0.4, 0.5) is 18.9 Å². The fourth-order valence-electron chi connectivity index (χ4n) is 3.34. The van der Waals surface area contributed by atoms with E-state index in [1.807, 2.05) is 0 Å². The number of imide groups is 1. The third kappa shape index (κ3) is 5.00. The number of hydrogen-bond acceptors (Lipinski definition) is 5. The van der Waals surface area contributed by atoms with Crippen LogP contribution >= 0.6 is 11.6 Å². The molecule has 1 aliphatic heterocycles. The maximum atomic E-state index is 12.9. The quantitative estimate of drug-likeness (QED) is 0.493. The number of nitrogens with zero attached hydrogens (tertiary/aromatic N) is 1. The molecule has 0 aliphatic carbocycles. The smallest absolute Gasteiger partial charge is 0.416 e. The Labute approximate surface area is 191 Å². The van der Waals surface area contributed by atoms with Crippen molar-refractivity contribution in [2.45, 2.75) is 26.1 Å². The summed E-state index contributed by atoms with van der Waals surface area (Å²) in [5.74, 6) is -3.82. The zero-order valence-electron chi connectivity index (χ0n) is 17.4. The van der Waals surface area contributed by atoms with Crippen LogP contribution in [0.5, 0.6) is 0 Å². The van der Waals surface area contributed by atoms with E-state index < -0.39 is 54.0 Å². The molecule has 3 amide bonds. The van der Waals surface area contributed by atoms with Crippen LogP contribution in [0.25, 0.3) is 0 Å². The molecule has 2 aromatic rings. The fraction of sp³-hybridized carbons (Fsp3) is 0.273. The predicted molar refractivity (Wildman–Crippen MR) is 112 cm³/mol. The van der Waals surface area contributed by atoms with Gasteiger partial charge in [0, 0.05) is 0 Å². The number of carbonyl (C=O) groups is 4. The molecule has 33 heavy (non-hydrogen) atoms. The Kier molecular flexibility index (Phi) is 6.78. The molecule has 0 unspecified atom stereocenters. The number of benzene rings is 2. The molecule has 1 aliphatic rings. The zero-order chi connectivity index (χ0) is 24.5. The number of rotatable bonds is 6. The van der Waals surface area contributed by atoms with Crippen molar-refractivity contribution in [2.75, 3.05) is 11.9 Å². The van der Waals surface area contributed by atoms with E-state index in [0.29, 0.717) is 6.07 Å². The second kappa shape index (κ2) is 9.22. The number of nitrogens with one attached hydrogen (secondary N) is 1. The molecule has 0 spiro atoms. The van der Waals surface area contributed by atoms with Crippen LogP contribution in [-0.2, 0) is 20.5 Å². The molecule has 1 atom stereocenters. The summed E-state index contributed by atoms with van der Waals surface area (Å²) in [6, 6.07) is 7.17. The Morgan fingerprint density at radius 2 is 1.64 bits per heavy atom. The number of hydrogen-bond donors (Lipinski definition) is 1. The van der Waals surface area contributed by atoms with E-state index in [9.17, 15) is 32.3 Å². The van der Waals surface area contributed by atoms with Crippen LogP contribution in [-0.4, -0.2) is 41.2 Å². The van der Waals surface area contributed by atoms with Crippen LogP contribution < -0.4 is 5.32 Å². The minimum atomic E-state index is -4.65. The number of esters is 1. The van der Waals surface area contributed by atoms with Gasteiger partial charge in [-0.05, 0) is 36.2 Å². The molecule has 174 valence electrons. The van der Waals surface area contributed by atoms with Gasteiger partial charge in [-0.2, -0.15) is 13.2 Å². The van der Waals surface area contributed by atoms with Crippen molar-refractivity contribution in [3.05, 3.63) is 64.2 Å². The van der Waals surface area contributed by atoms with Gasteiger partial charge in [0.25, 0.3) is 17.7 Å². The minimum absolute atomic E-state index is 0.145. The number of ether oxygens (including phenoxy) is 1. The molecule has 0 bridgehead atoms. The Morgan fingerprint density at radius 1 is 1.06 bits per heavy atom. The lowest BCUT2D eigenvalue weighted by Crippen LogP contribution is -2.49. The second-order valence-electron chi connectivity index (χ2n) is 7.56. The lowest BCUT2D eigenvalue weighted by Gasteiger charge is -2.27. The van der Waals surface area contributed by atoms with Crippen molar-refractivity contribution in [1.29, 1.82) is 0 Å². The number of alkyl halides is 3. The van der Waals surface area contributed by atoms with Gasteiger partial charge in [0.15, 0.2) is 6.61 Å². The van der Waals surface area contributed by atoms with E-state index in [0.717, 1.165) is 17.0 Å². The predicted octanol–water partition coefficient (Wildman–Crippen LogP) is 4.16. The second-order valence-corrected chi connectivity index (χ2v) is 7.97. The fourth-order valence-corrected chi connectivity index (χ4v) is 3.51. The lowest BCUT2D eigenvalue weighted by molar-refractivity contribution is -0.152. The summed E-state index contributed by atoms with van der Waals surface area (Å²) in [5, 5.41) is 2.01. The summed E-state index contributed by atoms with van der Waals surface area (Å²) in [6.07, 6.45) is -4.65. The number of anilines is 1. The van der Waals surface area contributed by atoms with Gasteiger partial charge in [-0.15, -0.1) is 0 Å². The van der Waals surface area contributed by atoms with Crippen LogP contribution in [0.2, 0.25) is 5.02 Å². The largest absolute Gasteiger partial charge is 0.454 e. The highest BCUT2D eigenvalue weighted by Gasteiger charge is 2.44. The SMILES string of the molecule is CC(C)[C@@H](C(=O)OCC(=O)Nc1cc(C(F)(F)F)ccc1Cl)N1C(=O)c2ccccc2C1=O. The Balaban J connectivity index is 1.70. The molecule has 1 N–H and O–H groups in total. The van der Waals surface area contributed by atoms with E-state index in [2.05, 4.69) is 5.32 Å². The minimum Gasteiger partial charge on any atom is -0.454 e. The highest BCUT2D eigenvalue weighted by molar-refractivity contribution is 6.33. The maximum Gasteiger partial charge on any atom is 0.416 e. The van der Waals surface area contributed by atoms with Crippen LogP contribution in [0.1, 0.15) is 40.1 Å². The van der Waals surface area contributed by atoms with Crippen LogP contribution in [0.3, 0.4) is 0 Å². The molecular formula is C22H18ClF3N2O5. The summed E-state index contributed by atoms with van der Waals surface area (Å²) >= 11 is 5.84. The van der Waals surface area contributed by atoms with Gasteiger partial charge in [0.05, 0.1) is 27.4 Å². The third-order valence-electron chi connectivity index (χ3n) is 4.89. The van der Waals surface area contributed by atoms with Gasteiger partial charge in [-0.3, -0.25) is 19.3 Å². The van der Waals surface area contributed by atoms with Gasteiger partial charge >= 0.3 is 12.1 Å². The molecule has 0 saturated heterocycles. The molecule has 0 radical (unpaired) electrons. The summed E-state index contributed by atoms with van der Waals surface area (Å²) in [4.78, 5) is 51.1. The third-order valence-corrected chi connectivity index (χ3v) is 5.22. The highest BCUT2D eigenvalue weighted by atomic mass is 35.5. The normalized spacial score (nSPS) is 14.3. The first-order valence-corrected chi connectivity index (χ1v) is 10.1. The Bertz CT molecular complexity index is 1100. The number of fused-ring (bicyclic) bond motifs is 1. The number of carbonyl (C=O) groups excluding carboxylic acids is 4. The molecular weight excluding hydrogens is 465 g/mol. The van der Waals surface area contributed by atoms with Crippen molar-refractivity contribution in [3.8, 4) is 0 Å². The molecule has 11 heteroatoms. The van der Waals surface area contributed by atoms with Crippen molar-refractivity contribution in [2.24, 2.45) is 5.92 Å². The number of amides is 3. The summed E-state index contributed by atoms with van der Waals surface area (Å²) in [7, 11) is 0. The molecule has 0 aromatic heterocycles. The van der Waals surface area contributed by atoms with Gasteiger partial charge in [0.2, 0.25) is 0 Å². The van der Waals surface area contributed by atoms with Crippen molar-refractivity contribution >= 4 is 41.0 Å². The van der Waals surface area contributed by atoms with E-state index in [-0.39, 0.29) is 21.8 Å². The van der Waals surface area contributed by atoms with Crippen molar-refractivity contribution in [3.63, 3.8) is 0 Å². The van der Waals surface area contributed by atoms with E-state index in [1.54, 1.807) is 26.0 Å². The van der Waals surface area contributed by atoms with E-state index >= 15 is 0 Å². The van der Waals surface area contributed by atoms with E-state index in [4.69, 9.17) is 16.3 Å². The first kappa shape index (κ1) is 24.2. The summed E-state index contributed by atoms with van der Waals surface area (Å²) in [5.41, 5.74) is -1.03. The molecule has 1 heterocycles. The van der Waals surface area contributed by atoms with Gasteiger partial charge in [-0.25, -0.2) is 4.79 Å². The zero-order valence-corrected chi connectivity index (χ0v) is 18.2. The molecule has 2 aromatic carbocycles. The van der Waals surface area contributed by atoms with Gasteiger partial charge in [0.1, 0.15) is 6.04 Å². The molecule has 0 saturated carbocycles. The molecule has 0 fully saturated rings. The number of halogens is 4. The Morgan fingerprint density at radius 3 is 2.15 bits per heavy atom. The standard InChI is InChI=1S/C22H18ClF3N2O5/c1-11(2)18(28-19(30)13-5-3-4-6-14(13)20(28)31)21(32)33-10-17(29)27-16-9-12(22(24,25)26)7-8-15(16)23/h3-9,11,18H,10H2,1-2H3,(H,27,29)/t18-/m0/s1. The first-order chi connectivity index (χ1) is 15.4. The van der Waals surface area contributed by atoms with Gasteiger partial charge < -0.3 is 10.1 Å². The highest BCUT2D eigenvalue weighted by Crippen LogP contribution is 2.34. The van der Waals surface area contributed by atoms with Crippen molar-refractivity contribution in [1.82, 2.24) is 4.90 Å². The van der Waals surface area contributed by atoms with Crippen molar-refractivity contribution < 1.29 is 37.1 Å². The van der Waals surface area contributed by atoms with Crippen LogP contribution in [0, 0.1) is 5.92 Å². The molecule has 7 nitrogen and oxygen atoms in total. The maximum absolute atomic E-state index is 12.9. The monoisotopic (exact) mass is 482 g/mol. The average Bonchev–Trinajstić information content (AvgIpc) is 2.98. The molecule has 3 rings (SSSR count). The van der Waals surface area contributed by atoms with Gasteiger partial charge in [-0.1, -0.05) is 37.6 Å².